The number of halogens is 2. The summed E-state index contributed by atoms with van der Waals surface area (Å²) in [4.78, 5) is 8.90. The van der Waals surface area contributed by atoms with Gasteiger partial charge in [0.2, 0.25) is 0 Å². The summed E-state index contributed by atoms with van der Waals surface area (Å²) in [7, 11) is 1.85. The van der Waals surface area contributed by atoms with Gasteiger partial charge in [-0.05, 0) is 22.0 Å². The van der Waals surface area contributed by atoms with Crippen molar-refractivity contribution in [1.29, 1.82) is 0 Å². The normalized spacial score (nSPS) is 11.9. The molecule has 0 bridgehead atoms. The van der Waals surface area contributed by atoms with Gasteiger partial charge in [-0.1, -0.05) is 32.4 Å². The van der Waals surface area contributed by atoms with Gasteiger partial charge in [0.15, 0.2) is 5.82 Å². The fourth-order valence-electron chi connectivity index (χ4n) is 1.62. The molecule has 6 heteroatoms. The first kappa shape index (κ1) is 13.5. The highest BCUT2D eigenvalue weighted by atomic mass is 79.9. The molecule has 2 aromatic heterocycles. The van der Waals surface area contributed by atoms with E-state index in [2.05, 4.69) is 51.8 Å². The summed E-state index contributed by atoms with van der Waals surface area (Å²) in [5, 5.41) is 4.54. The SMILES string of the molecule is Cn1nccc1-c1nc(Cl)c(Br)c(C(C)(C)C)n1. The van der Waals surface area contributed by atoms with Crippen LogP contribution in [0.1, 0.15) is 26.5 Å². The van der Waals surface area contributed by atoms with Crippen LogP contribution in [0.4, 0.5) is 0 Å². The predicted molar refractivity (Wildman–Crippen MR) is 75.6 cm³/mol. The molecule has 0 fully saturated rings. The van der Waals surface area contributed by atoms with Crippen LogP contribution >= 0.6 is 27.5 Å². The Kier molecular flexibility index (Phi) is 3.47. The van der Waals surface area contributed by atoms with E-state index >= 15 is 0 Å². The second-order valence-corrected chi connectivity index (χ2v) is 6.24. The lowest BCUT2D eigenvalue weighted by atomic mass is 9.92. The van der Waals surface area contributed by atoms with Crippen LogP contribution in [0.5, 0.6) is 0 Å². The first-order valence-corrected chi connectivity index (χ1v) is 6.69. The van der Waals surface area contributed by atoms with Crippen LogP contribution in [0.25, 0.3) is 11.5 Å². The fourth-order valence-corrected chi connectivity index (χ4v) is 2.57. The van der Waals surface area contributed by atoms with Gasteiger partial charge in [-0.2, -0.15) is 5.10 Å². The quantitative estimate of drug-likeness (QED) is 0.751. The molecular weight excluding hydrogens is 316 g/mol. The van der Waals surface area contributed by atoms with Gasteiger partial charge >= 0.3 is 0 Å². The topological polar surface area (TPSA) is 43.6 Å². The second kappa shape index (κ2) is 4.63. The monoisotopic (exact) mass is 328 g/mol. The number of hydrogen-bond acceptors (Lipinski definition) is 3. The van der Waals surface area contributed by atoms with Gasteiger partial charge in [0, 0.05) is 18.7 Å². The van der Waals surface area contributed by atoms with E-state index in [1.165, 1.54) is 0 Å². The molecule has 4 nitrogen and oxygen atoms in total. The molecule has 2 aromatic rings. The van der Waals surface area contributed by atoms with Crippen LogP contribution in [0.15, 0.2) is 16.7 Å². The molecule has 0 amide bonds. The summed E-state index contributed by atoms with van der Waals surface area (Å²) < 4.78 is 2.48. The van der Waals surface area contributed by atoms with Crippen LogP contribution in [-0.2, 0) is 12.5 Å². The summed E-state index contributed by atoms with van der Waals surface area (Å²) in [6, 6.07) is 1.87. The molecule has 96 valence electrons. The van der Waals surface area contributed by atoms with Crippen LogP contribution in [-0.4, -0.2) is 19.7 Å². The van der Waals surface area contributed by atoms with Gasteiger partial charge in [0.1, 0.15) is 10.8 Å². The summed E-state index contributed by atoms with van der Waals surface area (Å²) in [5.41, 5.74) is 1.62. The van der Waals surface area contributed by atoms with Crippen LogP contribution < -0.4 is 0 Å². The molecule has 0 saturated heterocycles. The molecule has 2 heterocycles. The summed E-state index contributed by atoms with van der Waals surface area (Å²) >= 11 is 9.62. The van der Waals surface area contributed by atoms with Crippen molar-refractivity contribution in [2.24, 2.45) is 7.05 Å². The number of rotatable bonds is 1. The van der Waals surface area contributed by atoms with E-state index in [1.54, 1.807) is 10.9 Å². The van der Waals surface area contributed by atoms with E-state index in [0.29, 0.717) is 11.0 Å². The minimum atomic E-state index is -0.112. The standard InChI is InChI=1S/C12H14BrClN4/c1-12(2,3)9-8(13)10(14)17-11(16-9)7-5-6-15-18(7)4/h5-6H,1-4H3. The van der Waals surface area contributed by atoms with Gasteiger partial charge in [-0.3, -0.25) is 4.68 Å². The van der Waals surface area contributed by atoms with E-state index in [-0.39, 0.29) is 5.41 Å². The van der Waals surface area contributed by atoms with E-state index in [1.807, 2.05) is 13.1 Å². The molecule has 0 aliphatic rings. The summed E-state index contributed by atoms with van der Waals surface area (Å²) in [5.74, 6) is 0.591. The molecule has 0 atom stereocenters. The van der Waals surface area contributed by atoms with Crippen molar-refractivity contribution in [3.8, 4) is 11.5 Å². The third-order valence-corrected chi connectivity index (χ3v) is 3.82. The van der Waals surface area contributed by atoms with Crippen LogP contribution in [0.3, 0.4) is 0 Å². The third kappa shape index (κ3) is 2.42. The van der Waals surface area contributed by atoms with Crippen molar-refractivity contribution in [1.82, 2.24) is 19.7 Å². The summed E-state index contributed by atoms with van der Waals surface area (Å²) in [6.45, 7) is 6.26. The van der Waals surface area contributed by atoms with E-state index in [4.69, 9.17) is 11.6 Å². The van der Waals surface area contributed by atoms with E-state index < -0.39 is 0 Å². The maximum Gasteiger partial charge on any atom is 0.179 e. The van der Waals surface area contributed by atoms with E-state index in [9.17, 15) is 0 Å². The average Bonchev–Trinajstić information content (AvgIpc) is 2.66. The third-order valence-electron chi connectivity index (χ3n) is 2.57. The molecule has 0 aliphatic heterocycles. The first-order chi connectivity index (χ1) is 8.30. The maximum absolute atomic E-state index is 6.17. The highest BCUT2D eigenvalue weighted by Crippen LogP contribution is 2.33. The highest BCUT2D eigenvalue weighted by Gasteiger charge is 2.23. The Labute approximate surface area is 120 Å². The Morgan fingerprint density at radius 3 is 2.44 bits per heavy atom. The molecule has 0 saturated carbocycles. The zero-order chi connectivity index (χ0) is 13.5. The Morgan fingerprint density at radius 1 is 1.28 bits per heavy atom. The lowest BCUT2D eigenvalue weighted by Crippen LogP contribution is -2.16. The van der Waals surface area contributed by atoms with Crippen molar-refractivity contribution in [3.63, 3.8) is 0 Å². The van der Waals surface area contributed by atoms with Crippen LogP contribution in [0.2, 0.25) is 5.15 Å². The van der Waals surface area contributed by atoms with Gasteiger partial charge in [-0.15, -0.1) is 0 Å². The van der Waals surface area contributed by atoms with Gasteiger partial charge < -0.3 is 0 Å². The van der Waals surface area contributed by atoms with Crippen molar-refractivity contribution in [2.45, 2.75) is 26.2 Å². The zero-order valence-corrected chi connectivity index (χ0v) is 13.0. The molecule has 0 radical (unpaired) electrons. The van der Waals surface area contributed by atoms with Gasteiger partial charge in [-0.25, -0.2) is 9.97 Å². The minimum Gasteiger partial charge on any atom is -0.265 e. The molecular formula is C12H14BrClN4. The smallest absolute Gasteiger partial charge is 0.179 e. The van der Waals surface area contributed by atoms with E-state index in [0.717, 1.165) is 15.9 Å². The molecule has 0 aliphatic carbocycles. The number of aromatic nitrogens is 4. The number of hydrogen-bond donors (Lipinski definition) is 0. The largest absolute Gasteiger partial charge is 0.265 e. The number of nitrogens with zero attached hydrogens (tertiary/aromatic N) is 4. The zero-order valence-electron chi connectivity index (χ0n) is 10.7. The van der Waals surface area contributed by atoms with Crippen molar-refractivity contribution < 1.29 is 0 Å². The lowest BCUT2D eigenvalue weighted by Gasteiger charge is -2.20. The molecule has 2 rings (SSSR count). The Morgan fingerprint density at radius 2 is 1.94 bits per heavy atom. The van der Waals surface area contributed by atoms with Crippen molar-refractivity contribution >= 4 is 27.5 Å². The molecule has 0 aromatic carbocycles. The Bertz CT molecular complexity index is 586. The average molecular weight is 330 g/mol. The second-order valence-electron chi connectivity index (χ2n) is 5.09. The molecule has 0 spiro atoms. The number of aryl methyl sites for hydroxylation is 1. The fraction of sp³-hybridized carbons (Fsp3) is 0.417. The maximum atomic E-state index is 6.17. The van der Waals surface area contributed by atoms with Crippen molar-refractivity contribution in [3.05, 3.63) is 27.6 Å². The van der Waals surface area contributed by atoms with Gasteiger partial charge in [0.25, 0.3) is 0 Å². The summed E-state index contributed by atoms with van der Waals surface area (Å²) in [6.07, 6.45) is 1.71. The molecule has 0 unspecified atom stereocenters. The van der Waals surface area contributed by atoms with Crippen molar-refractivity contribution in [2.75, 3.05) is 0 Å². The lowest BCUT2D eigenvalue weighted by molar-refractivity contribution is 0.563. The van der Waals surface area contributed by atoms with Gasteiger partial charge in [0.05, 0.1) is 10.2 Å². The molecule has 0 N–H and O–H groups in total. The predicted octanol–water partition coefficient (Wildman–Crippen LogP) is 3.59. The highest BCUT2D eigenvalue weighted by molar-refractivity contribution is 9.10. The first-order valence-electron chi connectivity index (χ1n) is 5.52. The molecule has 18 heavy (non-hydrogen) atoms. The Balaban J connectivity index is 2.66. The van der Waals surface area contributed by atoms with Crippen LogP contribution in [0, 0.1) is 0 Å². The Hall–Kier alpha value is -0.940. The minimum absolute atomic E-state index is 0.112.